The summed E-state index contributed by atoms with van der Waals surface area (Å²) < 4.78 is 5.59. The Labute approximate surface area is 125 Å². The number of hydrogen-bond donors (Lipinski definition) is 2. The number of benzene rings is 1. The number of ketones is 1. The molecule has 0 aromatic heterocycles. The number of carbonyl (C=O) groups is 2. The molecule has 0 saturated heterocycles. The molecule has 0 spiro atoms. The van der Waals surface area contributed by atoms with E-state index in [2.05, 4.69) is 12.2 Å². The first-order chi connectivity index (χ1) is 9.95. The van der Waals surface area contributed by atoms with Crippen LogP contribution in [0.3, 0.4) is 0 Å². The van der Waals surface area contributed by atoms with Crippen LogP contribution in [-0.2, 0) is 4.79 Å². The first-order valence-corrected chi connectivity index (χ1v) is 7.30. The largest absolute Gasteiger partial charge is 0.480 e. The quantitative estimate of drug-likeness (QED) is 0.438. The molecule has 1 atom stereocenters. The van der Waals surface area contributed by atoms with Crippen molar-refractivity contribution in [2.24, 2.45) is 0 Å². The van der Waals surface area contributed by atoms with E-state index < -0.39 is 6.10 Å². The van der Waals surface area contributed by atoms with Crippen LogP contribution in [0.25, 0.3) is 0 Å². The van der Waals surface area contributed by atoms with Crippen LogP contribution in [0.5, 0.6) is 5.75 Å². The minimum atomic E-state index is -0.659. The Hall–Kier alpha value is -2.04. The molecule has 116 valence electrons. The van der Waals surface area contributed by atoms with Crippen LogP contribution in [0.1, 0.15) is 50.4 Å². The van der Waals surface area contributed by atoms with Gasteiger partial charge in [0, 0.05) is 12.2 Å². The molecule has 1 unspecified atom stereocenters. The van der Waals surface area contributed by atoms with Gasteiger partial charge in [0.2, 0.25) is 0 Å². The fourth-order valence-electron chi connectivity index (χ4n) is 1.90. The average Bonchev–Trinajstić information content (AvgIpc) is 2.44. The van der Waals surface area contributed by atoms with Crippen molar-refractivity contribution in [1.29, 1.82) is 0 Å². The molecule has 0 aliphatic heterocycles. The number of hydrogen-bond acceptors (Lipinski definition) is 4. The number of unbranched alkanes of at least 4 members (excludes halogenated alkanes) is 2. The number of amides is 1. The Bertz CT molecular complexity index is 500. The molecule has 0 aliphatic carbocycles. The molecule has 0 bridgehead atoms. The van der Waals surface area contributed by atoms with Crippen LogP contribution in [0.15, 0.2) is 18.2 Å². The number of carbonyl (C=O) groups excluding carboxylic acids is 2. The third-order valence-electron chi connectivity index (χ3n) is 3.14. The van der Waals surface area contributed by atoms with E-state index in [1.165, 1.54) is 6.92 Å². The van der Waals surface area contributed by atoms with Crippen molar-refractivity contribution in [2.75, 3.05) is 12.3 Å². The Kier molecular flexibility index (Phi) is 6.72. The normalized spacial score (nSPS) is 11.8. The molecule has 0 fully saturated rings. The molecule has 3 N–H and O–H groups in total. The molecule has 0 saturated carbocycles. The maximum atomic E-state index is 11.9. The van der Waals surface area contributed by atoms with E-state index in [4.69, 9.17) is 10.5 Å². The summed E-state index contributed by atoms with van der Waals surface area (Å²) in [6.45, 7) is 5.85. The van der Waals surface area contributed by atoms with E-state index in [1.54, 1.807) is 25.1 Å². The summed E-state index contributed by atoms with van der Waals surface area (Å²) in [5.74, 6) is 0.0539. The summed E-state index contributed by atoms with van der Waals surface area (Å²) in [4.78, 5) is 23.5. The van der Waals surface area contributed by atoms with Gasteiger partial charge in [-0.2, -0.15) is 0 Å². The monoisotopic (exact) mass is 292 g/mol. The first-order valence-electron chi connectivity index (χ1n) is 7.30. The highest BCUT2D eigenvalue weighted by atomic mass is 16.5. The smallest absolute Gasteiger partial charge is 0.260 e. The number of nitrogens with two attached hydrogens (primary N) is 1. The average molecular weight is 292 g/mol. The number of ether oxygens (including phenoxy) is 1. The second kappa shape index (κ2) is 8.29. The number of anilines is 1. The van der Waals surface area contributed by atoms with Gasteiger partial charge in [-0.05, 0) is 38.5 Å². The Balaban J connectivity index is 2.63. The standard InChI is InChI=1S/C16H24N2O3/c1-4-5-6-9-18-16(20)12(3)21-15-8-7-13(17)10-14(15)11(2)19/h7-8,10,12H,4-6,9,17H2,1-3H3,(H,18,20). The summed E-state index contributed by atoms with van der Waals surface area (Å²) in [5, 5.41) is 2.82. The van der Waals surface area contributed by atoms with Crippen LogP contribution in [0.2, 0.25) is 0 Å². The lowest BCUT2D eigenvalue weighted by atomic mass is 10.1. The van der Waals surface area contributed by atoms with E-state index in [1.807, 2.05) is 0 Å². The molecular formula is C16H24N2O3. The Morgan fingerprint density at radius 3 is 2.67 bits per heavy atom. The highest BCUT2D eigenvalue weighted by Gasteiger charge is 2.17. The molecule has 0 radical (unpaired) electrons. The highest BCUT2D eigenvalue weighted by Crippen LogP contribution is 2.23. The molecule has 1 aromatic rings. The molecule has 0 heterocycles. The SMILES string of the molecule is CCCCCNC(=O)C(C)Oc1ccc(N)cc1C(C)=O. The van der Waals surface area contributed by atoms with Crippen molar-refractivity contribution in [1.82, 2.24) is 5.32 Å². The molecule has 5 nitrogen and oxygen atoms in total. The van der Waals surface area contributed by atoms with Crippen LogP contribution >= 0.6 is 0 Å². The van der Waals surface area contributed by atoms with Crippen LogP contribution in [0, 0.1) is 0 Å². The number of Topliss-reactive ketones (excluding diaryl/α,β-unsaturated/α-hetero) is 1. The lowest BCUT2D eigenvalue weighted by Gasteiger charge is -2.16. The first kappa shape index (κ1) is 17.0. The third-order valence-corrected chi connectivity index (χ3v) is 3.14. The predicted octanol–water partition coefficient (Wildman–Crippen LogP) is 2.55. The third kappa shape index (κ3) is 5.45. The summed E-state index contributed by atoms with van der Waals surface area (Å²) in [6.07, 6.45) is 2.49. The van der Waals surface area contributed by atoms with Crippen molar-refractivity contribution >= 4 is 17.4 Å². The van der Waals surface area contributed by atoms with E-state index in [9.17, 15) is 9.59 Å². The highest BCUT2D eigenvalue weighted by molar-refractivity contribution is 5.97. The van der Waals surface area contributed by atoms with Gasteiger partial charge in [0.05, 0.1) is 5.56 Å². The Morgan fingerprint density at radius 1 is 1.33 bits per heavy atom. The molecular weight excluding hydrogens is 268 g/mol. The second-order valence-electron chi connectivity index (χ2n) is 5.07. The molecule has 0 aliphatic rings. The maximum absolute atomic E-state index is 11.9. The summed E-state index contributed by atoms with van der Waals surface area (Å²) in [7, 11) is 0. The summed E-state index contributed by atoms with van der Waals surface area (Å²) in [6, 6.07) is 4.82. The van der Waals surface area contributed by atoms with Gasteiger partial charge in [-0.1, -0.05) is 19.8 Å². The van der Waals surface area contributed by atoms with Crippen LogP contribution in [0.4, 0.5) is 5.69 Å². The van der Waals surface area contributed by atoms with Gasteiger partial charge in [-0.25, -0.2) is 0 Å². The zero-order chi connectivity index (χ0) is 15.8. The van der Waals surface area contributed by atoms with Gasteiger partial charge in [0.15, 0.2) is 11.9 Å². The lowest BCUT2D eigenvalue weighted by Crippen LogP contribution is -2.37. The molecule has 1 rings (SSSR count). The minimum Gasteiger partial charge on any atom is -0.480 e. The van der Waals surface area contributed by atoms with Gasteiger partial charge in [0.25, 0.3) is 5.91 Å². The van der Waals surface area contributed by atoms with Crippen molar-refractivity contribution in [3.8, 4) is 5.75 Å². The minimum absolute atomic E-state index is 0.146. The van der Waals surface area contributed by atoms with Gasteiger partial charge < -0.3 is 15.8 Å². The second-order valence-corrected chi connectivity index (χ2v) is 5.07. The topological polar surface area (TPSA) is 81.4 Å². The molecule has 5 heteroatoms. The molecule has 21 heavy (non-hydrogen) atoms. The van der Waals surface area contributed by atoms with Crippen molar-refractivity contribution < 1.29 is 14.3 Å². The maximum Gasteiger partial charge on any atom is 0.260 e. The van der Waals surface area contributed by atoms with Gasteiger partial charge in [-0.15, -0.1) is 0 Å². The summed E-state index contributed by atoms with van der Waals surface area (Å²) in [5.41, 5.74) is 6.54. The number of nitrogens with one attached hydrogen (secondary N) is 1. The number of nitrogen functional groups attached to an aromatic ring is 1. The zero-order valence-electron chi connectivity index (χ0n) is 12.9. The van der Waals surface area contributed by atoms with Gasteiger partial charge >= 0.3 is 0 Å². The Morgan fingerprint density at radius 2 is 2.05 bits per heavy atom. The van der Waals surface area contributed by atoms with Crippen molar-refractivity contribution in [3.05, 3.63) is 23.8 Å². The lowest BCUT2D eigenvalue weighted by molar-refractivity contribution is -0.127. The molecule has 1 aromatic carbocycles. The van der Waals surface area contributed by atoms with Gasteiger partial charge in [0.1, 0.15) is 5.75 Å². The fourth-order valence-corrected chi connectivity index (χ4v) is 1.90. The summed E-state index contributed by atoms with van der Waals surface area (Å²) >= 11 is 0. The van der Waals surface area contributed by atoms with Crippen LogP contribution < -0.4 is 15.8 Å². The van der Waals surface area contributed by atoms with E-state index >= 15 is 0 Å². The predicted molar refractivity (Wildman–Crippen MR) is 83.5 cm³/mol. The van der Waals surface area contributed by atoms with Crippen LogP contribution in [-0.4, -0.2) is 24.3 Å². The fraction of sp³-hybridized carbons (Fsp3) is 0.500. The number of rotatable bonds is 8. The van der Waals surface area contributed by atoms with E-state index in [0.29, 0.717) is 23.5 Å². The van der Waals surface area contributed by atoms with Gasteiger partial charge in [-0.3, -0.25) is 9.59 Å². The molecule has 1 amide bonds. The van der Waals surface area contributed by atoms with Crippen molar-refractivity contribution in [3.63, 3.8) is 0 Å². The van der Waals surface area contributed by atoms with E-state index in [0.717, 1.165) is 19.3 Å². The van der Waals surface area contributed by atoms with E-state index in [-0.39, 0.29) is 11.7 Å². The van der Waals surface area contributed by atoms with Crippen molar-refractivity contribution in [2.45, 2.75) is 46.1 Å². The zero-order valence-corrected chi connectivity index (χ0v) is 12.9.